The maximum absolute atomic E-state index is 11.8. The Labute approximate surface area is 94.0 Å². The third-order valence-corrected chi connectivity index (χ3v) is 2.26. The van der Waals surface area contributed by atoms with E-state index in [-0.39, 0.29) is 13.0 Å². The lowest BCUT2D eigenvalue weighted by molar-refractivity contribution is -0.141. The zero-order chi connectivity index (χ0) is 13.2. The number of carboxylic acids is 1. The molecule has 1 heterocycles. The average Bonchev–Trinajstić information content (AvgIpc) is 2.55. The van der Waals surface area contributed by atoms with Crippen LogP contribution in [0.25, 0.3) is 0 Å². The monoisotopic (exact) mass is 256 g/mol. The number of nitrogens with one attached hydrogen (secondary N) is 1. The summed E-state index contributed by atoms with van der Waals surface area (Å²) in [5.41, 5.74) is 0. The Morgan fingerprint density at radius 1 is 1.41 bits per heavy atom. The minimum Gasteiger partial charge on any atom is -0.480 e. The molecule has 0 aliphatic carbocycles. The Morgan fingerprint density at radius 3 is 2.47 bits per heavy atom. The first kappa shape index (κ1) is 13.6. The highest BCUT2D eigenvalue weighted by Gasteiger charge is 2.40. The van der Waals surface area contributed by atoms with Crippen molar-refractivity contribution in [3.63, 3.8) is 0 Å². The van der Waals surface area contributed by atoms with Crippen molar-refractivity contribution < 1.29 is 33.0 Å². The summed E-state index contributed by atoms with van der Waals surface area (Å²) >= 11 is 0. The molecule has 1 aliphatic heterocycles. The van der Waals surface area contributed by atoms with E-state index in [0.29, 0.717) is 4.90 Å². The molecule has 2 amide bonds. The van der Waals surface area contributed by atoms with Crippen molar-refractivity contribution in [3.8, 4) is 0 Å². The number of carbonyl (C=O) groups excluding carboxylic acids is 1. The number of nitrogens with zero attached hydrogens (tertiary/aromatic N) is 1. The van der Waals surface area contributed by atoms with E-state index in [1.54, 1.807) is 5.32 Å². The molecule has 0 bridgehead atoms. The molecule has 9 heteroatoms. The maximum Gasteiger partial charge on any atom is 0.405 e. The molecule has 1 rings (SSSR count). The first-order chi connectivity index (χ1) is 7.70. The zero-order valence-corrected chi connectivity index (χ0v) is 8.57. The molecule has 0 aromatic heterocycles. The molecule has 0 aromatic rings. The largest absolute Gasteiger partial charge is 0.480 e. The first-order valence-electron chi connectivity index (χ1n) is 4.73. The van der Waals surface area contributed by atoms with Crippen molar-refractivity contribution in [1.29, 1.82) is 0 Å². The molecule has 17 heavy (non-hydrogen) atoms. The Bertz CT molecular complexity index is 320. The van der Waals surface area contributed by atoms with Crippen molar-refractivity contribution in [2.45, 2.75) is 24.7 Å². The van der Waals surface area contributed by atoms with Crippen LogP contribution in [-0.2, 0) is 4.79 Å². The summed E-state index contributed by atoms with van der Waals surface area (Å²) in [6.45, 7) is -1.83. The molecule has 1 fully saturated rings. The lowest BCUT2D eigenvalue weighted by atomic mass is 10.2. The Morgan fingerprint density at radius 2 is 2.00 bits per heavy atom. The van der Waals surface area contributed by atoms with Gasteiger partial charge in [0.05, 0.1) is 6.10 Å². The molecular weight excluding hydrogens is 245 g/mol. The van der Waals surface area contributed by atoms with E-state index in [2.05, 4.69) is 0 Å². The van der Waals surface area contributed by atoms with Crippen molar-refractivity contribution in [2.24, 2.45) is 0 Å². The highest BCUT2D eigenvalue weighted by Crippen LogP contribution is 2.19. The molecule has 0 saturated carbocycles. The van der Waals surface area contributed by atoms with Gasteiger partial charge in [0.25, 0.3) is 0 Å². The standard InChI is InChI=1S/C8H11F3N2O4/c9-8(10,11)3-12-7(17)13-2-4(14)1-5(13)6(15)16/h4-5,14H,1-3H2,(H,12,17)(H,15,16). The molecule has 98 valence electrons. The summed E-state index contributed by atoms with van der Waals surface area (Å²) in [6.07, 6.45) is -5.78. The van der Waals surface area contributed by atoms with Crippen molar-refractivity contribution in [3.05, 3.63) is 0 Å². The van der Waals surface area contributed by atoms with Gasteiger partial charge in [-0.15, -0.1) is 0 Å². The molecule has 2 unspecified atom stereocenters. The number of carboxylic acid groups (broad SMARTS) is 1. The number of aliphatic hydroxyl groups is 1. The van der Waals surface area contributed by atoms with Gasteiger partial charge in [-0.05, 0) is 0 Å². The number of amides is 2. The fraction of sp³-hybridized carbons (Fsp3) is 0.750. The minimum atomic E-state index is -4.56. The number of likely N-dealkylation sites (tertiary alicyclic amines) is 1. The van der Waals surface area contributed by atoms with Crippen LogP contribution in [0.4, 0.5) is 18.0 Å². The van der Waals surface area contributed by atoms with E-state index in [0.717, 1.165) is 0 Å². The van der Waals surface area contributed by atoms with E-state index in [1.807, 2.05) is 0 Å². The van der Waals surface area contributed by atoms with Crippen LogP contribution in [-0.4, -0.2) is 58.5 Å². The van der Waals surface area contributed by atoms with E-state index < -0.39 is 36.9 Å². The van der Waals surface area contributed by atoms with Crippen LogP contribution in [0.5, 0.6) is 0 Å². The van der Waals surface area contributed by atoms with Crippen molar-refractivity contribution >= 4 is 12.0 Å². The van der Waals surface area contributed by atoms with E-state index in [9.17, 15) is 27.9 Å². The van der Waals surface area contributed by atoms with Crippen LogP contribution in [0.2, 0.25) is 0 Å². The van der Waals surface area contributed by atoms with Crippen LogP contribution in [0.15, 0.2) is 0 Å². The van der Waals surface area contributed by atoms with Gasteiger partial charge in [0.2, 0.25) is 0 Å². The second kappa shape index (κ2) is 4.78. The third-order valence-electron chi connectivity index (χ3n) is 2.26. The van der Waals surface area contributed by atoms with Crippen LogP contribution in [0.3, 0.4) is 0 Å². The van der Waals surface area contributed by atoms with Gasteiger partial charge in [0, 0.05) is 13.0 Å². The number of aliphatic carboxylic acids is 1. The summed E-state index contributed by atoms with van der Waals surface area (Å²) < 4.78 is 35.5. The highest BCUT2D eigenvalue weighted by molar-refractivity contribution is 5.83. The molecule has 0 radical (unpaired) electrons. The first-order valence-corrected chi connectivity index (χ1v) is 4.73. The maximum atomic E-state index is 11.8. The van der Waals surface area contributed by atoms with Gasteiger partial charge in [-0.25, -0.2) is 9.59 Å². The number of rotatable bonds is 2. The number of aliphatic hydroxyl groups excluding tert-OH is 1. The summed E-state index contributed by atoms with van der Waals surface area (Å²) in [7, 11) is 0. The highest BCUT2D eigenvalue weighted by atomic mass is 19.4. The van der Waals surface area contributed by atoms with Gasteiger partial charge in [-0.1, -0.05) is 0 Å². The Kier molecular flexibility index (Phi) is 3.81. The molecule has 2 atom stereocenters. The Hall–Kier alpha value is -1.51. The number of alkyl halides is 3. The van der Waals surface area contributed by atoms with Crippen molar-refractivity contribution in [1.82, 2.24) is 10.2 Å². The number of β-amino-alcohol motifs (C(OH)–C–C–N with tert-alkyl or cyclic N) is 1. The second-order valence-corrected chi connectivity index (χ2v) is 3.67. The summed E-state index contributed by atoms with van der Waals surface area (Å²) in [4.78, 5) is 22.7. The van der Waals surface area contributed by atoms with Crippen LogP contribution >= 0.6 is 0 Å². The molecule has 1 aliphatic rings. The van der Waals surface area contributed by atoms with Gasteiger partial charge in [0.15, 0.2) is 0 Å². The number of halogens is 3. The summed E-state index contributed by atoms with van der Waals surface area (Å²) in [5.74, 6) is -1.36. The lowest BCUT2D eigenvalue weighted by Crippen LogP contribution is -2.48. The predicted molar refractivity (Wildman–Crippen MR) is 48.2 cm³/mol. The van der Waals surface area contributed by atoms with Crippen LogP contribution in [0.1, 0.15) is 6.42 Å². The topological polar surface area (TPSA) is 89.9 Å². The van der Waals surface area contributed by atoms with Crippen LogP contribution < -0.4 is 5.32 Å². The normalized spacial score (nSPS) is 24.8. The zero-order valence-electron chi connectivity index (χ0n) is 8.57. The third kappa shape index (κ3) is 3.77. The minimum absolute atomic E-state index is 0.186. The fourth-order valence-electron chi connectivity index (χ4n) is 1.55. The summed E-state index contributed by atoms with van der Waals surface area (Å²) in [6, 6.07) is -2.44. The van der Waals surface area contributed by atoms with Gasteiger partial charge >= 0.3 is 18.2 Å². The van der Waals surface area contributed by atoms with Gasteiger partial charge in [-0.3, -0.25) is 0 Å². The molecule has 3 N–H and O–H groups in total. The predicted octanol–water partition coefficient (Wildman–Crippen LogP) is -0.222. The number of urea groups is 1. The van der Waals surface area contributed by atoms with Gasteiger partial charge in [-0.2, -0.15) is 13.2 Å². The Balaban J connectivity index is 2.59. The number of carbonyl (C=O) groups is 2. The van der Waals surface area contributed by atoms with E-state index in [1.165, 1.54) is 0 Å². The molecular formula is C8H11F3N2O4. The quantitative estimate of drug-likeness (QED) is 0.637. The second-order valence-electron chi connectivity index (χ2n) is 3.67. The molecule has 1 saturated heterocycles. The fourth-order valence-corrected chi connectivity index (χ4v) is 1.55. The molecule has 6 nitrogen and oxygen atoms in total. The average molecular weight is 256 g/mol. The number of hydrogen-bond acceptors (Lipinski definition) is 3. The number of hydrogen-bond donors (Lipinski definition) is 3. The summed E-state index contributed by atoms with van der Waals surface area (Å²) in [5, 5.41) is 19.5. The van der Waals surface area contributed by atoms with Crippen LogP contribution in [0, 0.1) is 0 Å². The van der Waals surface area contributed by atoms with E-state index in [4.69, 9.17) is 5.11 Å². The molecule has 0 spiro atoms. The van der Waals surface area contributed by atoms with Gasteiger partial charge < -0.3 is 20.4 Å². The van der Waals surface area contributed by atoms with E-state index >= 15 is 0 Å². The van der Waals surface area contributed by atoms with Crippen molar-refractivity contribution in [2.75, 3.05) is 13.1 Å². The van der Waals surface area contributed by atoms with Gasteiger partial charge in [0.1, 0.15) is 12.6 Å². The molecule has 0 aromatic carbocycles. The lowest BCUT2D eigenvalue weighted by Gasteiger charge is -2.21. The smallest absolute Gasteiger partial charge is 0.405 e. The SMILES string of the molecule is O=C(O)C1CC(O)CN1C(=O)NCC(F)(F)F.